The van der Waals surface area contributed by atoms with Crippen molar-refractivity contribution in [2.75, 3.05) is 7.11 Å². The number of rotatable bonds is 2. The van der Waals surface area contributed by atoms with E-state index in [1.807, 2.05) is 34.9 Å². The van der Waals surface area contributed by atoms with Crippen LogP contribution in [-0.2, 0) is 6.61 Å². The summed E-state index contributed by atoms with van der Waals surface area (Å²) in [5.74, 6) is 2.53. The van der Waals surface area contributed by atoms with Gasteiger partial charge in [0.15, 0.2) is 9.78 Å². The van der Waals surface area contributed by atoms with E-state index in [9.17, 15) is 0 Å². The zero-order valence-corrected chi connectivity index (χ0v) is 13.4. The Kier molecular flexibility index (Phi) is 3.20. The van der Waals surface area contributed by atoms with Crippen LogP contribution in [0.3, 0.4) is 0 Å². The fourth-order valence-corrected chi connectivity index (χ4v) is 3.45. The van der Waals surface area contributed by atoms with E-state index in [4.69, 9.17) is 21.7 Å². The van der Waals surface area contributed by atoms with E-state index in [-0.39, 0.29) is 0 Å². The molecule has 0 spiro atoms. The van der Waals surface area contributed by atoms with Crippen LogP contribution < -0.4 is 9.47 Å². The summed E-state index contributed by atoms with van der Waals surface area (Å²) in [5, 5.41) is 0. The number of hydrogen-bond acceptors (Lipinski definition) is 5. The molecule has 0 amide bonds. The number of aromatic nitrogens is 2. The van der Waals surface area contributed by atoms with Gasteiger partial charge in [0.2, 0.25) is 0 Å². The molecular formula is C16H12N2O2S2. The fraction of sp³-hybridized carbons (Fsp3) is 0.125. The van der Waals surface area contributed by atoms with Crippen LogP contribution in [-0.4, -0.2) is 16.1 Å². The van der Waals surface area contributed by atoms with Crippen LogP contribution in [0.1, 0.15) is 5.82 Å². The SMILES string of the molecule is COc1ccc(-c2ccc3c(c2)-n2c(nsc2=S)CO3)cc1. The maximum Gasteiger partial charge on any atom is 0.185 e. The van der Waals surface area contributed by atoms with E-state index in [0.717, 1.165) is 38.1 Å². The molecule has 2 aromatic carbocycles. The first-order valence-corrected chi connectivity index (χ1v) is 7.94. The number of benzene rings is 2. The van der Waals surface area contributed by atoms with Crippen molar-refractivity contribution in [3.05, 3.63) is 52.2 Å². The third-order valence-corrected chi connectivity index (χ3v) is 4.70. The third-order valence-electron chi connectivity index (χ3n) is 3.65. The predicted molar refractivity (Wildman–Crippen MR) is 88.6 cm³/mol. The standard InChI is InChI=1S/C16H12N2O2S2/c1-19-12-5-2-10(3-6-12)11-4-7-14-13(8-11)18-15(9-20-14)17-22-16(18)21/h2-8H,9H2,1H3. The van der Waals surface area contributed by atoms with Crippen molar-refractivity contribution < 1.29 is 9.47 Å². The molecule has 0 saturated carbocycles. The number of hydrogen-bond donors (Lipinski definition) is 0. The molecule has 1 aromatic heterocycles. The molecule has 0 atom stereocenters. The first-order chi connectivity index (χ1) is 10.8. The van der Waals surface area contributed by atoms with Gasteiger partial charge in [-0.2, -0.15) is 4.37 Å². The summed E-state index contributed by atoms with van der Waals surface area (Å²) >= 11 is 6.71. The molecule has 1 aliphatic heterocycles. The van der Waals surface area contributed by atoms with Crippen LogP contribution in [0.15, 0.2) is 42.5 Å². The summed E-state index contributed by atoms with van der Waals surface area (Å²) in [4.78, 5) is 0. The molecule has 0 saturated heterocycles. The summed E-state index contributed by atoms with van der Waals surface area (Å²) in [7, 11) is 1.66. The van der Waals surface area contributed by atoms with Gasteiger partial charge >= 0.3 is 0 Å². The van der Waals surface area contributed by atoms with Gasteiger partial charge in [-0.25, -0.2) is 0 Å². The lowest BCUT2D eigenvalue weighted by atomic mass is 10.0. The van der Waals surface area contributed by atoms with Crippen LogP contribution in [0.25, 0.3) is 16.8 Å². The van der Waals surface area contributed by atoms with Gasteiger partial charge in [-0.3, -0.25) is 4.57 Å². The Hall–Kier alpha value is -2.18. The molecule has 4 nitrogen and oxygen atoms in total. The van der Waals surface area contributed by atoms with Crippen molar-refractivity contribution >= 4 is 23.8 Å². The highest BCUT2D eigenvalue weighted by Gasteiger charge is 2.20. The maximum absolute atomic E-state index is 5.75. The zero-order valence-electron chi connectivity index (χ0n) is 11.8. The van der Waals surface area contributed by atoms with Gasteiger partial charge in [-0.15, -0.1) is 0 Å². The van der Waals surface area contributed by atoms with E-state index in [1.165, 1.54) is 11.5 Å². The second-order valence-electron chi connectivity index (χ2n) is 4.90. The van der Waals surface area contributed by atoms with Crippen LogP contribution in [0.4, 0.5) is 0 Å². The third kappa shape index (κ3) is 2.12. The van der Waals surface area contributed by atoms with Crippen molar-refractivity contribution in [2.45, 2.75) is 6.61 Å². The van der Waals surface area contributed by atoms with Gasteiger partial charge in [-0.05, 0) is 59.1 Å². The van der Waals surface area contributed by atoms with E-state index in [0.29, 0.717) is 6.61 Å². The van der Waals surface area contributed by atoms with Crippen molar-refractivity contribution in [1.82, 2.24) is 8.94 Å². The van der Waals surface area contributed by atoms with Crippen LogP contribution in [0, 0.1) is 3.95 Å². The van der Waals surface area contributed by atoms with Crippen molar-refractivity contribution in [2.24, 2.45) is 0 Å². The zero-order chi connectivity index (χ0) is 15.1. The largest absolute Gasteiger partial charge is 0.497 e. The smallest absolute Gasteiger partial charge is 0.185 e. The number of ether oxygens (including phenoxy) is 2. The Morgan fingerprint density at radius 2 is 1.95 bits per heavy atom. The van der Waals surface area contributed by atoms with Gasteiger partial charge in [0.05, 0.1) is 12.8 Å². The normalized spacial score (nSPS) is 12.2. The highest BCUT2D eigenvalue weighted by Crippen LogP contribution is 2.34. The molecule has 22 heavy (non-hydrogen) atoms. The maximum atomic E-state index is 5.75. The Morgan fingerprint density at radius 3 is 2.73 bits per heavy atom. The second kappa shape index (κ2) is 5.23. The molecule has 0 fully saturated rings. The minimum atomic E-state index is 0.460. The van der Waals surface area contributed by atoms with Crippen LogP contribution in [0.2, 0.25) is 0 Å². The van der Waals surface area contributed by atoms with E-state index >= 15 is 0 Å². The Balaban J connectivity index is 1.84. The molecule has 2 heterocycles. The molecule has 110 valence electrons. The summed E-state index contributed by atoms with van der Waals surface area (Å²) in [6.45, 7) is 0.460. The summed E-state index contributed by atoms with van der Waals surface area (Å²) in [6.07, 6.45) is 0. The minimum absolute atomic E-state index is 0.460. The van der Waals surface area contributed by atoms with Gasteiger partial charge < -0.3 is 9.47 Å². The lowest BCUT2D eigenvalue weighted by Crippen LogP contribution is -2.13. The van der Waals surface area contributed by atoms with Crippen molar-refractivity contribution in [3.8, 4) is 28.3 Å². The van der Waals surface area contributed by atoms with Crippen molar-refractivity contribution in [3.63, 3.8) is 0 Å². The van der Waals surface area contributed by atoms with E-state index in [2.05, 4.69) is 16.5 Å². The summed E-state index contributed by atoms with van der Waals surface area (Å²) in [6, 6.07) is 14.1. The predicted octanol–water partition coefficient (Wildman–Crippen LogP) is 4.23. The summed E-state index contributed by atoms with van der Waals surface area (Å²) in [5.41, 5.74) is 3.17. The van der Waals surface area contributed by atoms with Crippen LogP contribution in [0.5, 0.6) is 11.5 Å². The second-order valence-corrected chi connectivity index (χ2v) is 6.30. The van der Waals surface area contributed by atoms with Gasteiger partial charge in [0, 0.05) is 0 Å². The Bertz CT molecular complexity index is 897. The first-order valence-electron chi connectivity index (χ1n) is 6.75. The molecule has 0 unspecified atom stereocenters. The lowest BCUT2D eigenvalue weighted by molar-refractivity contribution is 0.279. The first kappa shape index (κ1) is 13.5. The lowest BCUT2D eigenvalue weighted by Gasteiger charge is -2.19. The highest BCUT2D eigenvalue weighted by atomic mass is 32.2. The molecule has 6 heteroatoms. The van der Waals surface area contributed by atoms with Crippen molar-refractivity contribution in [1.29, 1.82) is 0 Å². The number of nitrogens with zero attached hydrogens (tertiary/aromatic N) is 2. The average molecular weight is 328 g/mol. The monoisotopic (exact) mass is 328 g/mol. The van der Waals surface area contributed by atoms with Gasteiger partial charge in [0.25, 0.3) is 0 Å². The fourth-order valence-electron chi connectivity index (χ4n) is 2.53. The Labute approximate surface area is 136 Å². The molecule has 4 rings (SSSR count). The molecule has 0 N–H and O–H groups in total. The van der Waals surface area contributed by atoms with Gasteiger partial charge in [-0.1, -0.05) is 18.2 Å². The molecule has 0 bridgehead atoms. The van der Waals surface area contributed by atoms with E-state index in [1.54, 1.807) is 7.11 Å². The molecule has 0 aliphatic carbocycles. The number of methoxy groups -OCH3 is 1. The Morgan fingerprint density at radius 1 is 1.18 bits per heavy atom. The molecular weight excluding hydrogens is 316 g/mol. The summed E-state index contributed by atoms with van der Waals surface area (Å²) < 4.78 is 18.0. The molecule has 0 radical (unpaired) electrons. The average Bonchev–Trinajstić information content (AvgIpc) is 2.96. The molecule has 1 aliphatic rings. The van der Waals surface area contributed by atoms with Crippen LogP contribution >= 0.6 is 23.8 Å². The minimum Gasteiger partial charge on any atom is -0.497 e. The van der Waals surface area contributed by atoms with Gasteiger partial charge in [0.1, 0.15) is 18.1 Å². The topological polar surface area (TPSA) is 36.3 Å². The highest BCUT2D eigenvalue weighted by molar-refractivity contribution is 7.73. The van der Waals surface area contributed by atoms with E-state index < -0.39 is 0 Å². The molecule has 3 aromatic rings. The quantitative estimate of drug-likeness (QED) is 0.660. The number of fused-ring (bicyclic) bond motifs is 3.